The van der Waals surface area contributed by atoms with Gasteiger partial charge in [-0.1, -0.05) is 15.9 Å². The fourth-order valence-corrected chi connectivity index (χ4v) is 1.49. The van der Waals surface area contributed by atoms with Crippen molar-refractivity contribution < 1.29 is 19.1 Å². The quantitative estimate of drug-likeness (QED) is 0.609. The van der Waals surface area contributed by atoms with Gasteiger partial charge >= 0.3 is 12.0 Å². The molecule has 0 saturated heterocycles. The number of benzene rings is 1. The van der Waals surface area contributed by atoms with E-state index in [0.717, 1.165) is 4.47 Å². The van der Waals surface area contributed by atoms with Crippen molar-refractivity contribution in [2.45, 2.75) is 13.0 Å². The molecule has 0 spiro atoms. The van der Waals surface area contributed by atoms with Crippen molar-refractivity contribution in [1.29, 1.82) is 0 Å². The second kappa shape index (κ2) is 7.63. The zero-order valence-corrected chi connectivity index (χ0v) is 12.0. The van der Waals surface area contributed by atoms with Crippen molar-refractivity contribution in [3.8, 4) is 5.75 Å². The van der Waals surface area contributed by atoms with Gasteiger partial charge in [0.15, 0.2) is 0 Å². The fraction of sp³-hybridized carbons (Fsp3) is 0.333. The minimum Gasteiger partial charge on any atom is -0.490 e. The molecule has 6 nitrogen and oxygen atoms in total. The molecule has 1 aromatic carbocycles. The molecule has 104 valence electrons. The highest BCUT2D eigenvalue weighted by molar-refractivity contribution is 9.10. The van der Waals surface area contributed by atoms with Crippen LogP contribution in [0.3, 0.4) is 0 Å². The zero-order chi connectivity index (χ0) is 14.3. The number of halogens is 1. The third kappa shape index (κ3) is 6.10. The molecule has 0 saturated carbocycles. The first-order valence-corrected chi connectivity index (χ1v) is 6.39. The molecule has 0 unspecified atom stereocenters. The number of urea groups is 1. The number of carbonyl (C=O) groups is 2. The molecule has 0 aliphatic heterocycles. The van der Waals surface area contributed by atoms with Gasteiger partial charge in [0.05, 0.1) is 0 Å². The van der Waals surface area contributed by atoms with E-state index in [0.29, 0.717) is 5.75 Å². The summed E-state index contributed by atoms with van der Waals surface area (Å²) in [6, 6.07) is 5.74. The van der Waals surface area contributed by atoms with E-state index in [2.05, 4.69) is 21.2 Å². The first kappa shape index (κ1) is 15.3. The smallest absolute Gasteiger partial charge is 0.328 e. The van der Waals surface area contributed by atoms with Crippen LogP contribution >= 0.6 is 15.9 Å². The number of hydrogen-bond acceptors (Lipinski definition) is 4. The van der Waals surface area contributed by atoms with Crippen LogP contribution in [0.2, 0.25) is 0 Å². The number of nitrogens with two attached hydrogens (primary N) is 1. The number of amides is 2. The van der Waals surface area contributed by atoms with Gasteiger partial charge in [0.25, 0.3) is 0 Å². The van der Waals surface area contributed by atoms with Crippen molar-refractivity contribution in [2.24, 2.45) is 5.73 Å². The summed E-state index contributed by atoms with van der Waals surface area (Å²) in [6.07, 6.45) is 0. The van der Waals surface area contributed by atoms with Gasteiger partial charge in [-0.2, -0.15) is 0 Å². The van der Waals surface area contributed by atoms with E-state index < -0.39 is 18.0 Å². The Morgan fingerprint density at radius 3 is 2.53 bits per heavy atom. The molecule has 0 aliphatic rings. The molecule has 0 aliphatic carbocycles. The van der Waals surface area contributed by atoms with Crippen molar-refractivity contribution >= 4 is 27.9 Å². The largest absolute Gasteiger partial charge is 0.490 e. The Balaban J connectivity index is 2.21. The Hall–Kier alpha value is -1.76. The highest BCUT2D eigenvalue weighted by Gasteiger charge is 2.15. The maximum Gasteiger partial charge on any atom is 0.328 e. The summed E-state index contributed by atoms with van der Waals surface area (Å²) in [5.74, 6) is 0.126. The lowest BCUT2D eigenvalue weighted by Gasteiger charge is -2.12. The normalized spacial score (nSPS) is 11.5. The number of nitrogens with one attached hydrogen (secondary N) is 1. The number of ether oxygens (including phenoxy) is 2. The van der Waals surface area contributed by atoms with Gasteiger partial charge in [-0.3, -0.25) is 0 Å². The number of primary amides is 1. The maximum absolute atomic E-state index is 11.4. The minimum atomic E-state index is -0.773. The van der Waals surface area contributed by atoms with E-state index in [1.807, 2.05) is 12.1 Å². The Kier molecular flexibility index (Phi) is 6.14. The van der Waals surface area contributed by atoms with E-state index in [4.69, 9.17) is 15.2 Å². The van der Waals surface area contributed by atoms with Gasteiger partial charge in [-0.25, -0.2) is 9.59 Å². The van der Waals surface area contributed by atoms with E-state index in [9.17, 15) is 9.59 Å². The molecule has 0 aromatic heterocycles. The highest BCUT2D eigenvalue weighted by Crippen LogP contribution is 2.15. The van der Waals surface area contributed by atoms with Gasteiger partial charge in [0, 0.05) is 4.47 Å². The molecule has 0 radical (unpaired) electrons. The summed E-state index contributed by atoms with van der Waals surface area (Å²) < 4.78 is 11.2. The molecule has 7 heteroatoms. The van der Waals surface area contributed by atoms with Crippen LogP contribution < -0.4 is 15.8 Å². The van der Waals surface area contributed by atoms with Crippen LogP contribution in [-0.2, 0) is 9.53 Å². The summed E-state index contributed by atoms with van der Waals surface area (Å²) >= 11 is 3.31. The minimum absolute atomic E-state index is 0.0969. The lowest BCUT2D eigenvalue weighted by molar-refractivity contribution is -0.146. The van der Waals surface area contributed by atoms with Crippen LogP contribution in [0.25, 0.3) is 0 Å². The number of esters is 1. The standard InChI is InChI=1S/C12H15BrN2O4/c1-8(15-12(14)17)11(16)19-7-6-18-10-4-2-9(13)3-5-10/h2-5,8H,6-7H2,1H3,(H3,14,15,17)/t8-/m0/s1. The zero-order valence-electron chi connectivity index (χ0n) is 10.4. The first-order chi connectivity index (χ1) is 8.99. The average molecular weight is 331 g/mol. The molecule has 0 bridgehead atoms. The maximum atomic E-state index is 11.4. The van der Waals surface area contributed by atoms with E-state index in [1.54, 1.807) is 12.1 Å². The molecule has 1 atom stereocenters. The summed E-state index contributed by atoms with van der Waals surface area (Å²) in [7, 11) is 0. The molecule has 0 heterocycles. The summed E-state index contributed by atoms with van der Waals surface area (Å²) in [5.41, 5.74) is 4.89. The predicted molar refractivity (Wildman–Crippen MR) is 72.8 cm³/mol. The molecule has 1 rings (SSSR count). The van der Waals surface area contributed by atoms with Crippen LogP contribution in [0.1, 0.15) is 6.92 Å². The van der Waals surface area contributed by atoms with Crippen molar-refractivity contribution in [2.75, 3.05) is 13.2 Å². The average Bonchev–Trinajstić information content (AvgIpc) is 2.35. The van der Waals surface area contributed by atoms with Gasteiger partial charge in [-0.15, -0.1) is 0 Å². The Morgan fingerprint density at radius 1 is 1.32 bits per heavy atom. The molecule has 2 amide bonds. The van der Waals surface area contributed by atoms with Gasteiger partial charge in [0.1, 0.15) is 25.0 Å². The number of rotatable bonds is 6. The lowest BCUT2D eigenvalue weighted by Crippen LogP contribution is -2.42. The van der Waals surface area contributed by atoms with Crippen LogP contribution in [0.5, 0.6) is 5.75 Å². The summed E-state index contributed by atoms with van der Waals surface area (Å²) in [6.45, 7) is 1.82. The summed E-state index contributed by atoms with van der Waals surface area (Å²) in [5, 5.41) is 2.23. The lowest BCUT2D eigenvalue weighted by atomic mass is 10.3. The van der Waals surface area contributed by atoms with Gasteiger partial charge in [-0.05, 0) is 31.2 Å². The van der Waals surface area contributed by atoms with Crippen molar-refractivity contribution in [3.63, 3.8) is 0 Å². The molecule has 3 N–H and O–H groups in total. The van der Waals surface area contributed by atoms with E-state index >= 15 is 0 Å². The van der Waals surface area contributed by atoms with Gasteiger partial charge in [0.2, 0.25) is 0 Å². The second-order valence-electron chi connectivity index (χ2n) is 3.70. The van der Waals surface area contributed by atoms with Crippen molar-refractivity contribution in [3.05, 3.63) is 28.7 Å². The van der Waals surface area contributed by atoms with Crippen LogP contribution in [0, 0.1) is 0 Å². The monoisotopic (exact) mass is 330 g/mol. The fourth-order valence-electron chi connectivity index (χ4n) is 1.23. The Morgan fingerprint density at radius 2 is 1.95 bits per heavy atom. The third-order valence-electron chi connectivity index (χ3n) is 2.12. The molecule has 0 fully saturated rings. The second-order valence-corrected chi connectivity index (χ2v) is 4.62. The van der Waals surface area contributed by atoms with Crippen LogP contribution in [-0.4, -0.2) is 31.3 Å². The van der Waals surface area contributed by atoms with Crippen LogP contribution in [0.4, 0.5) is 4.79 Å². The predicted octanol–water partition coefficient (Wildman–Crippen LogP) is 1.43. The van der Waals surface area contributed by atoms with Crippen molar-refractivity contribution in [1.82, 2.24) is 5.32 Å². The number of hydrogen-bond donors (Lipinski definition) is 2. The van der Waals surface area contributed by atoms with Gasteiger partial charge < -0.3 is 20.5 Å². The molecule has 1 aromatic rings. The Labute approximate surface area is 119 Å². The SMILES string of the molecule is C[C@H](NC(N)=O)C(=O)OCCOc1ccc(Br)cc1. The van der Waals surface area contributed by atoms with Crippen LogP contribution in [0.15, 0.2) is 28.7 Å². The Bertz CT molecular complexity index is 436. The first-order valence-electron chi connectivity index (χ1n) is 5.60. The molecular weight excluding hydrogens is 316 g/mol. The molecule has 19 heavy (non-hydrogen) atoms. The molecular formula is C12H15BrN2O4. The topological polar surface area (TPSA) is 90.7 Å². The van der Waals surface area contributed by atoms with E-state index in [1.165, 1.54) is 6.92 Å². The highest BCUT2D eigenvalue weighted by atomic mass is 79.9. The summed E-state index contributed by atoms with van der Waals surface area (Å²) in [4.78, 5) is 21.9. The third-order valence-corrected chi connectivity index (χ3v) is 2.65. The number of carbonyl (C=O) groups excluding carboxylic acids is 2. The van der Waals surface area contributed by atoms with E-state index in [-0.39, 0.29) is 13.2 Å².